The summed E-state index contributed by atoms with van der Waals surface area (Å²) < 4.78 is 5.64. The highest BCUT2D eigenvalue weighted by Gasteiger charge is 2.41. The van der Waals surface area contributed by atoms with Gasteiger partial charge in [0.2, 0.25) is 5.91 Å². The second kappa shape index (κ2) is 6.58. The molecule has 6 nitrogen and oxygen atoms in total. The number of nitrogens with zero attached hydrogens (tertiary/aromatic N) is 1. The quantitative estimate of drug-likeness (QED) is 0.222. The van der Waals surface area contributed by atoms with Crippen LogP contribution in [0.3, 0.4) is 0 Å². The molecule has 0 saturated carbocycles. The van der Waals surface area contributed by atoms with E-state index in [1.165, 1.54) is 0 Å². The number of hydrogen-bond acceptors (Lipinski definition) is 4. The second-order valence-corrected chi connectivity index (χ2v) is 4.92. The Labute approximate surface area is 108 Å². The maximum Gasteiger partial charge on any atom is 0.226 e. The van der Waals surface area contributed by atoms with Gasteiger partial charge in [-0.15, -0.1) is 0 Å². The Balaban J connectivity index is 2.33. The number of rotatable bonds is 5. The van der Waals surface area contributed by atoms with Crippen molar-refractivity contribution in [3.63, 3.8) is 0 Å². The summed E-state index contributed by atoms with van der Waals surface area (Å²) in [7, 11) is 0. The van der Waals surface area contributed by atoms with Crippen LogP contribution in [0.25, 0.3) is 0 Å². The molecule has 4 atom stereocenters. The van der Waals surface area contributed by atoms with Gasteiger partial charge in [-0.2, -0.15) is 0 Å². The Morgan fingerprint density at radius 3 is 2.56 bits per heavy atom. The Bertz CT molecular complexity index is 320. The van der Waals surface area contributed by atoms with E-state index in [0.717, 1.165) is 0 Å². The molecule has 1 fully saturated rings. The van der Waals surface area contributed by atoms with Gasteiger partial charge in [-0.1, -0.05) is 12.1 Å². The van der Waals surface area contributed by atoms with Crippen LogP contribution in [0.5, 0.6) is 0 Å². The van der Waals surface area contributed by atoms with E-state index in [9.17, 15) is 4.79 Å². The fourth-order valence-corrected chi connectivity index (χ4v) is 2.37. The topological polar surface area (TPSA) is 96.9 Å². The Morgan fingerprint density at radius 2 is 2.06 bits per heavy atom. The zero-order valence-electron chi connectivity index (χ0n) is 11.2. The summed E-state index contributed by atoms with van der Waals surface area (Å²) in [6.45, 7) is 6.49. The van der Waals surface area contributed by atoms with Gasteiger partial charge in [0.15, 0.2) is 0 Å². The van der Waals surface area contributed by atoms with Gasteiger partial charge in [-0.05, 0) is 26.2 Å². The Hall–Kier alpha value is -1.30. The molecule has 1 amide bonds. The highest BCUT2D eigenvalue weighted by molar-refractivity contribution is 5.80. The summed E-state index contributed by atoms with van der Waals surface area (Å²) in [6, 6.07) is 0. The van der Waals surface area contributed by atoms with Crippen molar-refractivity contribution in [3.8, 4) is 0 Å². The Morgan fingerprint density at radius 1 is 1.39 bits per heavy atom. The summed E-state index contributed by atoms with van der Waals surface area (Å²) in [4.78, 5) is 12.0. The van der Waals surface area contributed by atoms with Gasteiger partial charge in [0.05, 0.1) is 18.1 Å². The van der Waals surface area contributed by atoms with Gasteiger partial charge < -0.3 is 21.0 Å². The number of nitrogens with one attached hydrogen (secondary N) is 1. The summed E-state index contributed by atoms with van der Waals surface area (Å²) in [5, 5.41) is 14.1. The lowest BCUT2D eigenvalue weighted by Gasteiger charge is -2.17. The van der Waals surface area contributed by atoms with Gasteiger partial charge in [-0.25, -0.2) is 0 Å². The molecular formula is C12H23N3O3. The first kappa shape index (κ1) is 14.8. The summed E-state index contributed by atoms with van der Waals surface area (Å²) in [6.07, 6.45) is 1.21. The summed E-state index contributed by atoms with van der Waals surface area (Å²) >= 11 is 0. The van der Waals surface area contributed by atoms with Crippen molar-refractivity contribution in [2.75, 3.05) is 6.54 Å². The molecule has 4 unspecified atom stereocenters. The first-order chi connectivity index (χ1) is 8.47. The zero-order chi connectivity index (χ0) is 13.7. The van der Waals surface area contributed by atoms with Crippen molar-refractivity contribution in [2.45, 2.75) is 45.8 Å². The van der Waals surface area contributed by atoms with E-state index in [2.05, 4.69) is 10.5 Å². The lowest BCUT2D eigenvalue weighted by atomic mass is 9.89. The average molecular weight is 257 g/mol. The molecule has 0 aromatic carbocycles. The number of carbonyl (C=O) groups excluding carboxylic acids is 1. The van der Waals surface area contributed by atoms with Crippen LogP contribution in [0.1, 0.15) is 33.6 Å². The van der Waals surface area contributed by atoms with Crippen LogP contribution in [0.2, 0.25) is 0 Å². The van der Waals surface area contributed by atoms with Crippen LogP contribution in [0.4, 0.5) is 0 Å². The first-order valence-corrected chi connectivity index (χ1v) is 6.37. The number of carbonyl (C=O) groups is 1. The molecule has 0 aromatic rings. The van der Waals surface area contributed by atoms with E-state index in [0.29, 0.717) is 19.4 Å². The largest absolute Gasteiger partial charge is 0.409 e. The van der Waals surface area contributed by atoms with Crippen molar-refractivity contribution < 1.29 is 14.7 Å². The SMILES string of the molecule is CC1OC(C)C(C(=O)NCCC/C(N)=N/O)C1C. The molecule has 0 aliphatic carbocycles. The number of oxime groups is 1. The van der Waals surface area contributed by atoms with Crippen LogP contribution in [-0.2, 0) is 9.53 Å². The number of amidine groups is 1. The fourth-order valence-electron chi connectivity index (χ4n) is 2.37. The van der Waals surface area contributed by atoms with Gasteiger partial charge in [0.1, 0.15) is 5.84 Å². The normalized spacial score (nSPS) is 32.5. The van der Waals surface area contributed by atoms with Crippen LogP contribution in [0.15, 0.2) is 5.16 Å². The van der Waals surface area contributed by atoms with Crippen LogP contribution in [0, 0.1) is 11.8 Å². The van der Waals surface area contributed by atoms with E-state index in [1.54, 1.807) is 0 Å². The number of ether oxygens (including phenoxy) is 1. The zero-order valence-corrected chi connectivity index (χ0v) is 11.2. The van der Waals surface area contributed by atoms with Crippen molar-refractivity contribution in [1.29, 1.82) is 0 Å². The maximum atomic E-state index is 12.0. The molecule has 1 heterocycles. The van der Waals surface area contributed by atoms with Gasteiger partial charge >= 0.3 is 0 Å². The Kier molecular flexibility index (Phi) is 5.40. The molecular weight excluding hydrogens is 234 g/mol. The van der Waals surface area contributed by atoms with E-state index in [-0.39, 0.29) is 35.8 Å². The second-order valence-electron chi connectivity index (χ2n) is 4.92. The lowest BCUT2D eigenvalue weighted by molar-refractivity contribution is -0.127. The number of hydrogen-bond donors (Lipinski definition) is 3. The molecule has 1 aliphatic rings. The van der Waals surface area contributed by atoms with Gasteiger partial charge in [0, 0.05) is 13.0 Å². The molecule has 6 heteroatoms. The van der Waals surface area contributed by atoms with E-state index >= 15 is 0 Å². The summed E-state index contributed by atoms with van der Waals surface area (Å²) in [5.41, 5.74) is 5.34. The maximum absolute atomic E-state index is 12.0. The third-order valence-corrected chi connectivity index (χ3v) is 3.58. The van der Waals surface area contributed by atoms with Crippen LogP contribution in [-0.4, -0.2) is 35.7 Å². The number of nitrogens with two attached hydrogens (primary N) is 1. The minimum absolute atomic E-state index is 0.0267. The van der Waals surface area contributed by atoms with E-state index in [1.807, 2.05) is 20.8 Å². The lowest BCUT2D eigenvalue weighted by Crippen LogP contribution is -2.37. The third kappa shape index (κ3) is 3.60. The minimum Gasteiger partial charge on any atom is -0.409 e. The third-order valence-electron chi connectivity index (χ3n) is 3.58. The molecule has 1 aliphatic heterocycles. The predicted octanol–water partition coefficient (Wildman–Crippen LogP) is 0.689. The summed E-state index contributed by atoms with van der Waals surface area (Å²) in [5.74, 6) is 0.343. The van der Waals surface area contributed by atoms with Crippen molar-refractivity contribution >= 4 is 11.7 Å². The molecule has 0 spiro atoms. The smallest absolute Gasteiger partial charge is 0.226 e. The molecule has 1 rings (SSSR count). The van der Waals surface area contributed by atoms with E-state index < -0.39 is 0 Å². The van der Waals surface area contributed by atoms with Crippen LogP contribution < -0.4 is 11.1 Å². The average Bonchev–Trinajstić information content (AvgIpc) is 2.58. The standard InChI is InChI=1S/C12H23N3O3/c1-7-8(2)18-9(3)11(7)12(16)14-6-4-5-10(13)15-17/h7-9,11,17H,4-6H2,1-3H3,(H2,13,15)(H,14,16). The van der Waals surface area contributed by atoms with Crippen molar-refractivity contribution in [2.24, 2.45) is 22.7 Å². The minimum atomic E-state index is -0.0937. The van der Waals surface area contributed by atoms with Crippen molar-refractivity contribution in [3.05, 3.63) is 0 Å². The molecule has 104 valence electrons. The highest BCUT2D eigenvalue weighted by Crippen LogP contribution is 2.32. The van der Waals surface area contributed by atoms with Crippen LogP contribution >= 0.6 is 0 Å². The molecule has 1 saturated heterocycles. The van der Waals surface area contributed by atoms with E-state index in [4.69, 9.17) is 15.7 Å². The van der Waals surface area contributed by atoms with Gasteiger partial charge in [-0.3, -0.25) is 4.79 Å². The molecule has 0 aromatic heterocycles. The molecule has 18 heavy (non-hydrogen) atoms. The van der Waals surface area contributed by atoms with Crippen molar-refractivity contribution in [1.82, 2.24) is 5.32 Å². The molecule has 0 bridgehead atoms. The first-order valence-electron chi connectivity index (χ1n) is 6.37. The molecule has 4 N–H and O–H groups in total. The highest BCUT2D eigenvalue weighted by atomic mass is 16.5. The predicted molar refractivity (Wildman–Crippen MR) is 68.3 cm³/mol. The van der Waals surface area contributed by atoms with Gasteiger partial charge in [0.25, 0.3) is 0 Å². The number of amides is 1. The fraction of sp³-hybridized carbons (Fsp3) is 0.833. The molecule has 0 radical (unpaired) electrons. The monoisotopic (exact) mass is 257 g/mol.